The van der Waals surface area contributed by atoms with Crippen LogP contribution in [0.25, 0.3) is 57.3 Å². The van der Waals surface area contributed by atoms with Gasteiger partial charge in [0, 0.05) is 68.2 Å². The van der Waals surface area contributed by atoms with Crippen molar-refractivity contribution in [2.75, 3.05) is 19.6 Å². The zero-order valence-corrected chi connectivity index (χ0v) is 49.7. The molecule has 428 valence electrons. The van der Waals surface area contributed by atoms with Crippen LogP contribution < -0.4 is 19.6 Å². The van der Waals surface area contributed by atoms with Crippen molar-refractivity contribution in [3.8, 4) is 22.3 Å². The van der Waals surface area contributed by atoms with Gasteiger partial charge in [-0.2, -0.15) is 0 Å². The quantitative estimate of drug-likeness (QED) is 0.0794. The Balaban J connectivity index is 0.677. The topological polar surface area (TPSA) is 13.0 Å². The van der Waals surface area contributed by atoms with E-state index in [1.54, 1.807) is 0 Å². The Kier molecular flexibility index (Phi) is 16.3. The molecule has 0 fully saturated rings. The fourth-order valence-electron chi connectivity index (χ4n) is 12.0. The zero-order valence-electron chi connectivity index (χ0n) is 49.7. The smallest absolute Gasteiger partial charge is 0.0462 e. The van der Waals surface area contributed by atoms with E-state index in [2.05, 4.69) is 408 Å². The largest absolute Gasteiger partial charge is 0.311 e. The molecule has 0 aliphatic heterocycles. The number of hydrogen-bond acceptors (Lipinski definition) is 4. The standard InChI is InChI=1S/C86H64N4/c1-7-21-71(22-8-1)87(72-23-9-2-10-24-72)77-51-39-65(40-52-77)35-37-67-43-55-79(56-44-67)89(75-29-15-5-16-30-75)81-59-47-69(48-60-81)83-63-64-84(86-34-20-19-33-85(83)86)70-49-61-82(62-50-70)90(76-31-17-6-18-32-76)80-57-45-68(46-58-80)38-36-66-41-53-78(54-42-66)88(73-25-11-3-12-26-73)74-27-13-4-14-28-74/h1-64H/b37-35+,38-36?. The maximum Gasteiger partial charge on any atom is 0.0462 e. The highest BCUT2D eigenvalue weighted by Gasteiger charge is 2.18. The Labute approximate surface area is 528 Å². The van der Waals surface area contributed by atoms with Crippen LogP contribution in [0, 0.1) is 0 Å². The lowest BCUT2D eigenvalue weighted by Crippen LogP contribution is -2.09. The second-order valence-corrected chi connectivity index (χ2v) is 22.2. The predicted molar refractivity (Wildman–Crippen MR) is 384 cm³/mol. The van der Waals surface area contributed by atoms with Crippen LogP contribution in [0.4, 0.5) is 68.2 Å². The van der Waals surface area contributed by atoms with Crippen molar-refractivity contribution in [1.82, 2.24) is 0 Å². The van der Waals surface area contributed by atoms with Gasteiger partial charge >= 0.3 is 0 Å². The van der Waals surface area contributed by atoms with E-state index in [9.17, 15) is 0 Å². The van der Waals surface area contributed by atoms with E-state index in [0.29, 0.717) is 0 Å². The first-order valence-electron chi connectivity index (χ1n) is 30.6. The molecule has 90 heavy (non-hydrogen) atoms. The Morgan fingerprint density at radius 1 is 0.144 bits per heavy atom. The van der Waals surface area contributed by atoms with Crippen LogP contribution in [0.15, 0.2) is 364 Å². The Bertz CT molecular complexity index is 4290. The maximum atomic E-state index is 2.33. The Morgan fingerprint density at radius 2 is 0.311 bits per heavy atom. The van der Waals surface area contributed by atoms with Crippen molar-refractivity contribution in [1.29, 1.82) is 0 Å². The van der Waals surface area contributed by atoms with Gasteiger partial charge in [0.1, 0.15) is 0 Å². The van der Waals surface area contributed by atoms with Crippen molar-refractivity contribution in [3.05, 3.63) is 386 Å². The molecule has 0 aliphatic carbocycles. The summed E-state index contributed by atoms with van der Waals surface area (Å²) in [5.74, 6) is 0. The SMILES string of the molecule is C(=Cc1ccc(N(c2ccccc2)c2ccc(-c3ccc(-c4ccc(N(c5ccccc5)c5ccc(/C=C/c6ccc(N(c7ccccc7)c7ccccc7)cc6)cc5)cc4)c4ccccc34)cc2)cc1)c1ccc(N(c2ccccc2)c2ccccc2)cc1. The molecule has 14 aromatic rings. The molecule has 4 heteroatoms. The van der Waals surface area contributed by atoms with Gasteiger partial charge in [0.05, 0.1) is 0 Å². The monoisotopic (exact) mass is 1150 g/mol. The third-order valence-corrected chi connectivity index (χ3v) is 16.4. The molecule has 4 nitrogen and oxygen atoms in total. The minimum absolute atomic E-state index is 1.08. The molecule has 0 radical (unpaired) electrons. The van der Waals surface area contributed by atoms with E-state index in [4.69, 9.17) is 0 Å². The molecular formula is C86H64N4. The van der Waals surface area contributed by atoms with Crippen LogP contribution >= 0.6 is 0 Å². The minimum atomic E-state index is 1.08. The van der Waals surface area contributed by atoms with E-state index in [1.807, 2.05) is 0 Å². The summed E-state index contributed by atoms with van der Waals surface area (Å²) in [5, 5.41) is 2.42. The van der Waals surface area contributed by atoms with Crippen LogP contribution in [0.2, 0.25) is 0 Å². The first kappa shape index (κ1) is 55.9. The molecule has 0 spiro atoms. The zero-order chi connectivity index (χ0) is 60.3. The summed E-state index contributed by atoms with van der Waals surface area (Å²) in [7, 11) is 0. The molecule has 0 aliphatic rings. The second kappa shape index (κ2) is 26.3. The summed E-state index contributed by atoms with van der Waals surface area (Å²) < 4.78 is 0. The number of benzene rings is 14. The van der Waals surface area contributed by atoms with Crippen LogP contribution in [0.3, 0.4) is 0 Å². The highest BCUT2D eigenvalue weighted by molar-refractivity contribution is 6.05. The molecule has 0 atom stereocenters. The second-order valence-electron chi connectivity index (χ2n) is 22.2. The van der Waals surface area contributed by atoms with Crippen molar-refractivity contribution in [2.24, 2.45) is 0 Å². The lowest BCUT2D eigenvalue weighted by Gasteiger charge is -2.26. The number of anilines is 12. The fraction of sp³-hybridized carbons (Fsp3) is 0. The summed E-state index contributed by atoms with van der Waals surface area (Å²) in [6, 6.07) is 130. The summed E-state index contributed by atoms with van der Waals surface area (Å²) >= 11 is 0. The number of hydrogen-bond donors (Lipinski definition) is 0. The van der Waals surface area contributed by atoms with Gasteiger partial charge in [0.25, 0.3) is 0 Å². The molecule has 0 unspecified atom stereocenters. The highest BCUT2D eigenvalue weighted by Crippen LogP contribution is 2.42. The molecule has 0 heterocycles. The van der Waals surface area contributed by atoms with E-state index < -0.39 is 0 Å². The summed E-state index contributed by atoms with van der Waals surface area (Å²) in [6.45, 7) is 0. The molecule has 0 saturated heterocycles. The Morgan fingerprint density at radius 3 is 0.511 bits per heavy atom. The highest BCUT2D eigenvalue weighted by atomic mass is 15.2. The Hall–Kier alpha value is -12.0. The number of rotatable bonds is 18. The van der Waals surface area contributed by atoms with Gasteiger partial charge in [-0.3, -0.25) is 0 Å². The lowest BCUT2D eigenvalue weighted by atomic mass is 9.92. The first-order chi connectivity index (χ1) is 44.6. The fourth-order valence-corrected chi connectivity index (χ4v) is 12.0. The van der Waals surface area contributed by atoms with Gasteiger partial charge in [0.15, 0.2) is 0 Å². The summed E-state index contributed by atoms with van der Waals surface area (Å²) in [6.07, 6.45) is 8.74. The van der Waals surface area contributed by atoms with Crippen LogP contribution in [0.1, 0.15) is 22.3 Å². The molecule has 0 saturated carbocycles. The van der Waals surface area contributed by atoms with Gasteiger partial charge in [-0.15, -0.1) is 0 Å². The minimum Gasteiger partial charge on any atom is -0.311 e. The summed E-state index contributed by atoms with van der Waals surface area (Å²) in [4.78, 5) is 9.22. The molecule has 0 aromatic heterocycles. The van der Waals surface area contributed by atoms with Gasteiger partial charge in [-0.05, 0) is 201 Å². The summed E-state index contributed by atoms with van der Waals surface area (Å²) in [5.41, 5.74) is 22.5. The third kappa shape index (κ3) is 12.4. The number of nitrogens with zero attached hydrogens (tertiary/aromatic N) is 4. The molecular weight excluding hydrogens is 1090 g/mol. The molecule has 0 N–H and O–H groups in total. The van der Waals surface area contributed by atoms with E-state index in [0.717, 1.165) is 102 Å². The predicted octanol–water partition coefficient (Wildman–Crippen LogP) is 24.4. The molecule has 0 amide bonds. The third-order valence-electron chi connectivity index (χ3n) is 16.4. The maximum absolute atomic E-state index is 2.33. The van der Waals surface area contributed by atoms with Crippen molar-refractivity contribution < 1.29 is 0 Å². The average Bonchev–Trinajstić information content (AvgIpc) is 1.20. The van der Waals surface area contributed by atoms with Gasteiger partial charge in [-0.25, -0.2) is 0 Å². The first-order valence-corrected chi connectivity index (χ1v) is 30.6. The van der Waals surface area contributed by atoms with E-state index >= 15 is 0 Å². The molecule has 14 aromatic carbocycles. The van der Waals surface area contributed by atoms with Crippen molar-refractivity contribution in [3.63, 3.8) is 0 Å². The lowest BCUT2D eigenvalue weighted by molar-refractivity contribution is 1.28. The van der Waals surface area contributed by atoms with Crippen LogP contribution in [-0.4, -0.2) is 0 Å². The normalized spacial score (nSPS) is 11.2. The number of fused-ring (bicyclic) bond motifs is 1. The van der Waals surface area contributed by atoms with Gasteiger partial charge < -0.3 is 19.6 Å². The van der Waals surface area contributed by atoms with Crippen molar-refractivity contribution >= 4 is 103 Å². The number of para-hydroxylation sites is 6. The van der Waals surface area contributed by atoms with Crippen LogP contribution in [0.5, 0.6) is 0 Å². The average molecular weight is 1150 g/mol. The van der Waals surface area contributed by atoms with E-state index in [-0.39, 0.29) is 0 Å². The van der Waals surface area contributed by atoms with Gasteiger partial charge in [-0.1, -0.05) is 243 Å². The van der Waals surface area contributed by atoms with Crippen molar-refractivity contribution in [2.45, 2.75) is 0 Å². The van der Waals surface area contributed by atoms with Gasteiger partial charge in [0.2, 0.25) is 0 Å². The van der Waals surface area contributed by atoms with Crippen LogP contribution in [-0.2, 0) is 0 Å². The molecule has 14 rings (SSSR count). The van der Waals surface area contributed by atoms with E-state index in [1.165, 1.54) is 21.9 Å². The molecule has 0 bridgehead atoms.